The highest BCUT2D eigenvalue weighted by Gasteiger charge is 2.23. The van der Waals surface area contributed by atoms with Crippen LogP contribution in [-0.2, 0) is 13.0 Å². The van der Waals surface area contributed by atoms with E-state index in [1.165, 1.54) is 5.56 Å². The molecule has 2 heterocycles. The topological polar surface area (TPSA) is 38.2 Å². The molecule has 1 aliphatic rings. The minimum absolute atomic E-state index is 0.234. The number of fused-ring (bicyclic) bond motifs is 1. The molecule has 0 N–H and O–H groups in total. The molecule has 1 aromatic carbocycles. The summed E-state index contributed by atoms with van der Waals surface area (Å²) in [4.78, 5) is 11.0. The van der Waals surface area contributed by atoms with Gasteiger partial charge in [-0.05, 0) is 24.4 Å². The van der Waals surface area contributed by atoms with Gasteiger partial charge >= 0.3 is 0 Å². The molecule has 1 aromatic heterocycles. The Hall–Kier alpha value is -1.59. The number of ether oxygens (including phenoxy) is 1. The normalized spacial score (nSPS) is 16.6. The smallest absolute Gasteiger partial charge is 0.187 e. The van der Waals surface area contributed by atoms with E-state index in [4.69, 9.17) is 4.74 Å². The lowest BCUT2D eigenvalue weighted by Crippen LogP contribution is -2.31. The Labute approximate surface area is 135 Å². The van der Waals surface area contributed by atoms with Crippen molar-refractivity contribution in [2.45, 2.75) is 31.1 Å². The van der Waals surface area contributed by atoms with Crippen LogP contribution >= 0.6 is 11.8 Å². The second-order valence-corrected chi connectivity index (χ2v) is 6.79. The number of benzene rings is 1. The number of aromatic nitrogens is 2. The molecular formula is C17H21N3OS. The lowest BCUT2D eigenvalue weighted by molar-refractivity contribution is 0.165. The number of nitrogens with zero attached hydrogens (tertiary/aromatic N) is 3. The zero-order chi connectivity index (χ0) is 15.4. The van der Waals surface area contributed by atoms with Gasteiger partial charge in [0.05, 0.1) is 0 Å². The molecule has 0 saturated heterocycles. The summed E-state index contributed by atoms with van der Waals surface area (Å²) in [5, 5.41) is 0.850. The van der Waals surface area contributed by atoms with Crippen molar-refractivity contribution < 1.29 is 4.74 Å². The number of likely N-dealkylation sites (N-methyl/N-ethyl adjacent to an activating group) is 1. The lowest BCUT2D eigenvalue weighted by Gasteiger charge is -2.20. The fraction of sp³-hybridized carbons (Fsp3) is 0.412. The van der Waals surface area contributed by atoms with E-state index in [0.717, 1.165) is 41.7 Å². The summed E-state index contributed by atoms with van der Waals surface area (Å²) < 4.78 is 5.99. The van der Waals surface area contributed by atoms with Crippen molar-refractivity contribution in [1.29, 1.82) is 0 Å². The Morgan fingerprint density at radius 3 is 2.77 bits per heavy atom. The Morgan fingerprint density at radius 1 is 1.27 bits per heavy atom. The maximum absolute atomic E-state index is 5.99. The van der Waals surface area contributed by atoms with Crippen molar-refractivity contribution in [1.82, 2.24) is 14.9 Å². The number of thioether (sulfide) groups is 1. The van der Waals surface area contributed by atoms with Crippen LogP contribution in [0.2, 0.25) is 0 Å². The molecule has 0 saturated carbocycles. The summed E-state index contributed by atoms with van der Waals surface area (Å²) in [6.07, 6.45) is 5.07. The van der Waals surface area contributed by atoms with Crippen molar-refractivity contribution in [2.75, 3.05) is 19.3 Å². The van der Waals surface area contributed by atoms with Crippen LogP contribution in [0.15, 0.2) is 41.8 Å². The second-order valence-electron chi connectivity index (χ2n) is 5.56. The van der Waals surface area contributed by atoms with Gasteiger partial charge in [-0.1, -0.05) is 36.9 Å². The minimum Gasteiger partial charge on any atom is -0.488 e. The van der Waals surface area contributed by atoms with Crippen LogP contribution in [0.1, 0.15) is 18.1 Å². The molecule has 1 aliphatic heterocycles. The number of para-hydroxylation sites is 1. The first-order valence-electron chi connectivity index (χ1n) is 7.61. The summed E-state index contributed by atoms with van der Waals surface area (Å²) in [6, 6.07) is 8.29. The second kappa shape index (κ2) is 7.11. The van der Waals surface area contributed by atoms with E-state index in [1.54, 1.807) is 11.8 Å². The van der Waals surface area contributed by atoms with Crippen molar-refractivity contribution in [3.05, 3.63) is 47.8 Å². The van der Waals surface area contributed by atoms with Gasteiger partial charge in [-0.2, -0.15) is 0 Å². The predicted molar refractivity (Wildman–Crippen MR) is 89.3 cm³/mol. The molecule has 4 nitrogen and oxygen atoms in total. The van der Waals surface area contributed by atoms with Crippen LogP contribution in [-0.4, -0.2) is 40.3 Å². The fourth-order valence-corrected chi connectivity index (χ4v) is 3.22. The van der Waals surface area contributed by atoms with Crippen LogP contribution in [0.4, 0.5) is 0 Å². The maximum atomic E-state index is 5.99. The third-order valence-corrected chi connectivity index (χ3v) is 4.39. The van der Waals surface area contributed by atoms with E-state index < -0.39 is 0 Å². The molecule has 0 spiro atoms. The quantitative estimate of drug-likeness (QED) is 0.605. The summed E-state index contributed by atoms with van der Waals surface area (Å²) in [5.41, 5.74) is 2.45. The molecule has 116 valence electrons. The monoisotopic (exact) mass is 315 g/mol. The van der Waals surface area contributed by atoms with E-state index >= 15 is 0 Å². The molecule has 5 heteroatoms. The maximum Gasteiger partial charge on any atom is 0.187 e. The highest BCUT2D eigenvalue weighted by atomic mass is 32.2. The average molecular weight is 315 g/mol. The molecule has 0 amide bonds. The first-order valence-corrected chi connectivity index (χ1v) is 8.60. The predicted octanol–water partition coefficient (Wildman–Crippen LogP) is 3.02. The summed E-state index contributed by atoms with van der Waals surface area (Å²) in [7, 11) is 2.11. The minimum atomic E-state index is 0.234. The molecule has 0 bridgehead atoms. The van der Waals surface area contributed by atoms with Gasteiger partial charge in [0.2, 0.25) is 0 Å². The zero-order valence-corrected chi connectivity index (χ0v) is 13.8. The van der Waals surface area contributed by atoms with Gasteiger partial charge in [0.25, 0.3) is 0 Å². The molecule has 22 heavy (non-hydrogen) atoms. The number of rotatable bonds is 6. The van der Waals surface area contributed by atoms with Crippen molar-refractivity contribution >= 4 is 11.8 Å². The first kappa shape index (κ1) is 15.3. The van der Waals surface area contributed by atoms with Crippen LogP contribution < -0.4 is 4.74 Å². The summed E-state index contributed by atoms with van der Waals surface area (Å²) in [5.74, 6) is 2.03. The molecule has 0 fully saturated rings. The Balaban J connectivity index is 1.52. The SMILES string of the molecule is CCSc1ncc(CN(C)CC2Cc3ccccc3O2)cn1. The Kier molecular flexibility index (Phi) is 4.95. The van der Waals surface area contributed by atoms with Crippen LogP contribution in [0.5, 0.6) is 5.75 Å². The standard InChI is InChI=1S/C17H21N3OS/c1-3-22-17-18-9-13(10-19-17)11-20(2)12-15-8-14-6-4-5-7-16(14)21-15/h4-7,9-10,15H,3,8,11-12H2,1-2H3. The third-order valence-electron chi connectivity index (χ3n) is 3.64. The van der Waals surface area contributed by atoms with Gasteiger partial charge in [-0.3, -0.25) is 4.90 Å². The van der Waals surface area contributed by atoms with E-state index in [0.29, 0.717) is 0 Å². The number of hydrogen-bond acceptors (Lipinski definition) is 5. The van der Waals surface area contributed by atoms with Crippen molar-refractivity contribution in [2.24, 2.45) is 0 Å². The third kappa shape index (κ3) is 3.78. The fourth-order valence-electron chi connectivity index (χ4n) is 2.71. The summed E-state index contributed by atoms with van der Waals surface area (Å²) in [6.45, 7) is 3.85. The van der Waals surface area contributed by atoms with E-state index in [-0.39, 0.29) is 6.10 Å². The molecule has 0 radical (unpaired) electrons. The first-order chi connectivity index (χ1) is 10.7. The Morgan fingerprint density at radius 2 is 2.05 bits per heavy atom. The van der Waals surface area contributed by atoms with Gasteiger partial charge in [0.1, 0.15) is 11.9 Å². The van der Waals surface area contributed by atoms with E-state index in [9.17, 15) is 0 Å². The highest BCUT2D eigenvalue weighted by molar-refractivity contribution is 7.99. The van der Waals surface area contributed by atoms with E-state index in [2.05, 4.69) is 41.0 Å². The highest BCUT2D eigenvalue weighted by Crippen LogP contribution is 2.28. The van der Waals surface area contributed by atoms with Crippen molar-refractivity contribution in [3.63, 3.8) is 0 Å². The van der Waals surface area contributed by atoms with Crippen LogP contribution in [0.25, 0.3) is 0 Å². The van der Waals surface area contributed by atoms with Gasteiger partial charge in [0, 0.05) is 37.5 Å². The van der Waals surface area contributed by atoms with Crippen LogP contribution in [0.3, 0.4) is 0 Å². The lowest BCUT2D eigenvalue weighted by atomic mass is 10.1. The van der Waals surface area contributed by atoms with Gasteiger partial charge < -0.3 is 4.74 Å². The van der Waals surface area contributed by atoms with Crippen LogP contribution in [0, 0.1) is 0 Å². The van der Waals surface area contributed by atoms with Gasteiger partial charge in [-0.15, -0.1) is 0 Å². The van der Waals surface area contributed by atoms with Gasteiger partial charge in [0.15, 0.2) is 5.16 Å². The average Bonchev–Trinajstić information content (AvgIpc) is 2.91. The Bertz CT molecular complexity index is 593. The zero-order valence-electron chi connectivity index (χ0n) is 13.0. The largest absolute Gasteiger partial charge is 0.488 e. The number of hydrogen-bond donors (Lipinski definition) is 0. The van der Waals surface area contributed by atoms with Gasteiger partial charge in [-0.25, -0.2) is 9.97 Å². The molecular weight excluding hydrogens is 294 g/mol. The molecule has 1 atom stereocenters. The van der Waals surface area contributed by atoms with E-state index in [1.807, 2.05) is 24.5 Å². The van der Waals surface area contributed by atoms with Crippen molar-refractivity contribution in [3.8, 4) is 5.75 Å². The molecule has 3 rings (SSSR count). The molecule has 0 aliphatic carbocycles. The molecule has 1 unspecified atom stereocenters. The summed E-state index contributed by atoms with van der Waals surface area (Å²) >= 11 is 1.67. The molecule has 2 aromatic rings.